The van der Waals surface area contributed by atoms with Crippen LogP contribution in [0.2, 0.25) is 5.82 Å². The van der Waals surface area contributed by atoms with Gasteiger partial charge < -0.3 is 9.31 Å². The van der Waals surface area contributed by atoms with Crippen LogP contribution in [-0.2, 0) is 9.31 Å². The summed E-state index contributed by atoms with van der Waals surface area (Å²) in [6.45, 7) is 8.67. The van der Waals surface area contributed by atoms with Crippen molar-refractivity contribution in [1.82, 2.24) is 0 Å². The Labute approximate surface area is 132 Å². The molecule has 0 radical (unpaired) electrons. The lowest BCUT2D eigenvalue weighted by Gasteiger charge is -2.32. The van der Waals surface area contributed by atoms with Gasteiger partial charge in [0, 0.05) is 10.7 Å². The zero-order valence-electron chi connectivity index (χ0n) is 13.5. The van der Waals surface area contributed by atoms with Crippen LogP contribution in [0.5, 0.6) is 0 Å². The quantitative estimate of drug-likeness (QED) is 0.736. The Balaban J connectivity index is 1.65. The van der Waals surface area contributed by atoms with Crippen molar-refractivity contribution in [1.29, 1.82) is 0 Å². The average molecular weight is 304 g/mol. The average Bonchev–Trinajstić information content (AvgIpc) is 3.13. The molecule has 2 saturated carbocycles. The Bertz CT molecular complexity index is 509. The van der Waals surface area contributed by atoms with Gasteiger partial charge in [-0.2, -0.15) is 0 Å². The Kier molecular flexibility index (Phi) is 3.12. The van der Waals surface area contributed by atoms with Crippen LogP contribution in [0.3, 0.4) is 0 Å². The van der Waals surface area contributed by atoms with E-state index in [0.29, 0.717) is 11.7 Å². The molecule has 3 aliphatic rings. The molecule has 0 spiro atoms. The molecule has 2 heterocycles. The first-order valence-corrected chi connectivity index (χ1v) is 9.16. The Morgan fingerprint density at radius 3 is 2.38 bits per heavy atom. The van der Waals surface area contributed by atoms with Crippen LogP contribution in [0.4, 0.5) is 0 Å². The van der Waals surface area contributed by atoms with Crippen molar-refractivity contribution in [2.24, 2.45) is 11.8 Å². The first-order chi connectivity index (χ1) is 9.89. The molecule has 2 nitrogen and oxygen atoms in total. The van der Waals surface area contributed by atoms with Crippen LogP contribution in [-0.4, -0.2) is 18.3 Å². The highest BCUT2D eigenvalue weighted by molar-refractivity contribution is 7.10. The summed E-state index contributed by atoms with van der Waals surface area (Å²) in [4.78, 5) is 1.54. The smallest absolute Gasteiger partial charge is 0.403 e. The van der Waals surface area contributed by atoms with Crippen molar-refractivity contribution in [3.63, 3.8) is 0 Å². The van der Waals surface area contributed by atoms with Crippen molar-refractivity contribution < 1.29 is 9.31 Å². The van der Waals surface area contributed by atoms with Gasteiger partial charge in [-0.3, -0.25) is 0 Å². The zero-order valence-corrected chi connectivity index (χ0v) is 14.3. The summed E-state index contributed by atoms with van der Waals surface area (Å²) in [5, 5.41) is 2.21. The summed E-state index contributed by atoms with van der Waals surface area (Å²) in [7, 11) is -0.0302. The second-order valence-corrected chi connectivity index (χ2v) is 9.06. The molecule has 3 fully saturated rings. The van der Waals surface area contributed by atoms with Crippen LogP contribution < -0.4 is 0 Å². The van der Waals surface area contributed by atoms with Crippen molar-refractivity contribution in [3.8, 4) is 0 Å². The highest BCUT2D eigenvalue weighted by atomic mass is 32.1. The van der Waals surface area contributed by atoms with Gasteiger partial charge in [0.2, 0.25) is 0 Å². The second-order valence-electron chi connectivity index (χ2n) is 8.08. The fourth-order valence-corrected chi connectivity index (χ4v) is 5.65. The molecular formula is C17H25BO2S. The molecule has 0 aromatic carbocycles. The maximum atomic E-state index is 6.41. The molecule has 4 heteroatoms. The minimum absolute atomic E-state index is 0.0302. The Morgan fingerprint density at radius 1 is 1.10 bits per heavy atom. The molecule has 4 unspecified atom stereocenters. The molecule has 0 amide bonds. The number of fused-ring (bicyclic) bond motifs is 2. The third kappa shape index (κ3) is 2.06. The van der Waals surface area contributed by atoms with Gasteiger partial charge in [-0.1, -0.05) is 12.5 Å². The van der Waals surface area contributed by atoms with Crippen molar-refractivity contribution >= 4 is 18.5 Å². The third-order valence-corrected chi connectivity index (χ3v) is 7.41. The van der Waals surface area contributed by atoms with E-state index in [2.05, 4.69) is 45.2 Å². The maximum absolute atomic E-state index is 6.41. The van der Waals surface area contributed by atoms with Crippen LogP contribution >= 0.6 is 11.3 Å². The minimum atomic E-state index is -0.209. The van der Waals surface area contributed by atoms with Gasteiger partial charge in [0.1, 0.15) is 0 Å². The van der Waals surface area contributed by atoms with E-state index in [1.165, 1.54) is 19.3 Å². The van der Waals surface area contributed by atoms with E-state index >= 15 is 0 Å². The molecule has 21 heavy (non-hydrogen) atoms. The van der Waals surface area contributed by atoms with E-state index < -0.39 is 0 Å². The lowest BCUT2D eigenvalue weighted by atomic mass is 9.58. The van der Waals surface area contributed by atoms with Gasteiger partial charge in [0.05, 0.1) is 11.2 Å². The SMILES string of the molecule is CC1(C)OB(C2C3CCC(C3)C2c2cccs2)OC1(C)C. The third-order valence-electron chi connectivity index (χ3n) is 6.44. The molecule has 1 aromatic heterocycles. The number of thiophene rings is 1. The number of rotatable bonds is 2. The number of hydrogen-bond acceptors (Lipinski definition) is 3. The largest absolute Gasteiger partial charge is 0.462 e. The highest BCUT2D eigenvalue weighted by Gasteiger charge is 2.61. The maximum Gasteiger partial charge on any atom is 0.462 e. The molecule has 4 rings (SSSR count). The molecule has 1 aliphatic heterocycles. The van der Waals surface area contributed by atoms with Gasteiger partial charge in [-0.25, -0.2) is 0 Å². The van der Waals surface area contributed by atoms with Crippen LogP contribution in [0, 0.1) is 11.8 Å². The van der Waals surface area contributed by atoms with E-state index in [1.54, 1.807) is 4.88 Å². The molecule has 0 N–H and O–H groups in total. The summed E-state index contributed by atoms with van der Waals surface area (Å²) in [5.74, 6) is 2.83. The number of hydrogen-bond donors (Lipinski definition) is 0. The van der Waals surface area contributed by atoms with Gasteiger partial charge in [0.25, 0.3) is 0 Å². The topological polar surface area (TPSA) is 18.5 Å². The summed E-state index contributed by atoms with van der Waals surface area (Å²) in [5.41, 5.74) is -0.418. The lowest BCUT2D eigenvalue weighted by Crippen LogP contribution is -2.41. The van der Waals surface area contributed by atoms with E-state index in [9.17, 15) is 0 Å². The molecule has 2 bridgehead atoms. The molecule has 1 saturated heterocycles. The van der Waals surface area contributed by atoms with Gasteiger partial charge in [0.15, 0.2) is 0 Å². The van der Waals surface area contributed by atoms with Gasteiger partial charge in [-0.15, -0.1) is 11.3 Å². The molecule has 2 aliphatic carbocycles. The molecule has 1 aromatic rings. The molecule has 4 atom stereocenters. The van der Waals surface area contributed by atoms with Crippen molar-refractivity contribution in [2.75, 3.05) is 0 Å². The zero-order chi connectivity index (χ0) is 14.8. The van der Waals surface area contributed by atoms with E-state index in [-0.39, 0.29) is 18.3 Å². The van der Waals surface area contributed by atoms with Crippen LogP contribution in [0.25, 0.3) is 0 Å². The second kappa shape index (κ2) is 4.59. The van der Waals surface area contributed by atoms with Gasteiger partial charge >= 0.3 is 7.12 Å². The summed E-state index contributed by atoms with van der Waals surface area (Å²) >= 11 is 1.91. The molecular weight excluding hydrogens is 279 g/mol. The van der Waals surface area contributed by atoms with Crippen molar-refractivity contribution in [3.05, 3.63) is 22.4 Å². The summed E-state index contributed by atoms with van der Waals surface area (Å²) in [6, 6.07) is 4.50. The normalized spacial score (nSPS) is 40.1. The van der Waals surface area contributed by atoms with Crippen LogP contribution in [0.1, 0.15) is 57.8 Å². The van der Waals surface area contributed by atoms with Crippen LogP contribution in [0.15, 0.2) is 17.5 Å². The first-order valence-electron chi connectivity index (χ1n) is 8.28. The minimum Gasteiger partial charge on any atom is -0.403 e. The lowest BCUT2D eigenvalue weighted by molar-refractivity contribution is 0.00578. The monoisotopic (exact) mass is 304 g/mol. The standard InChI is InChI=1S/C17H25BO2S/c1-16(2)17(3,4)20-18(19-16)15-12-8-7-11(10-12)14(15)13-6-5-9-21-13/h5-6,9,11-12,14-15H,7-8,10H2,1-4H3. The van der Waals surface area contributed by atoms with Gasteiger partial charge in [-0.05, 0) is 69.7 Å². The molecule has 114 valence electrons. The van der Waals surface area contributed by atoms with E-state index in [1.807, 2.05) is 11.3 Å². The van der Waals surface area contributed by atoms with Crippen molar-refractivity contribution in [2.45, 2.75) is 69.9 Å². The Hall–Kier alpha value is -0.315. The summed E-state index contributed by atoms with van der Waals surface area (Å²) < 4.78 is 12.8. The fraction of sp³-hybridized carbons (Fsp3) is 0.765. The summed E-state index contributed by atoms with van der Waals surface area (Å²) in [6.07, 6.45) is 4.13. The van der Waals surface area contributed by atoms with E-state index in [0.717, 1.165) is 11.8 Å². The predicted octanol–water partition coefficient (Wildman–Crippen LogP) is 4.72. The van der Waals surface area contributed by atoms with E-state index in [4.69, 9.17) is 9.31 Å². The predicted molar refractivity (Wildman–Crippen MR) is 87.7 cm³/mol. The first kappa shape index (κ1) is 14.3. The Morgan fingerprint density at radius 2 is 1.76 bits per heavy atom. The fourth-order valence-electron chi connectivity index (χ4n) is 4.68. The highest BCUT2D eigenvalue weighted by Crippen LogP contribution is 2.63.